The van der Waals surface area contributed by atoms with Crippen molar-refractivity contribution in [2.75, 3.05) is 0 Å². The van der Waals surface area contributed by atoms with Crippen molar-refractivity contribution in [1.29, 1.82) is 0 Å². The Hall–Kier alpha value is -2.06. The van der Waals surface area contributed by atoms with Gasteiger partial charge in [0.05, 0.1) is 5.41 Å². The highest BCUT2D eigenvalue weighted by molar-refractivity contribution is 9.10. The molecule has 36 heavy (non-hydrogen) atoms. The number of halogens is 1. The van der Waals surface area contributed by atoms with E-state index in [9.17, 15) is 9.59 Å². The van der Waals surface area contributed by atoms with Gasteiger partial charge >= 0.3 is 5.97 Å². The van der Waals surface area contributed by atoms with Crippen LogP contribution in [-0.4, -0.2) is 46.9 Å². The topological polar surface area (TPSA) is 72.4 Å². The Labute approximate surface area is 226 Å². The van der Waals surface area contributed by atoms with Crippen LogP contribution in [0.2, 0.25) is 11.1 Å². The van der Waals surface area contributed by atoms with Gasteiger partial charge in [-0.15, -0.1) is 0 Å². The lowest BCUT2D eigenvalue weighted by Gasteiger charge is -2.40. The predicted molar refractivity (Wildman–Crippen MR) is 153 cm³/mol. The normalized spacial score (nSPS) is 12.6. The molecule has 0 radical (unpaired) electrons. The number of hydrogen-bond acceptors (Lipinski definition) is 5. The molecule has 0 N–H and O–H groups in total. The zero-order chi connectivity index (χ0) is 27.6. The molecule has 1 amide bonds. The van der Waals surface area contributed by atoms with Gasteiger partial charge in [-0.05, 0) is 77.7 Å². The van der Waals surface area contributed by atoms with Crippen molar-refractivity contribution in [3.05, 3.63) is 40.6 Å². The van der Waals surface area contributed by atoms with E-state index in [1.165, 1.54) is 0 Å². The van der Waals surface area contributed by atoms with E-state index >= 15 is 0 Å². The van der Waals surface area contributed by atoms with Gasteiger partial charge in [0.15, 0.2) is 8.07 Å². The molecule has 2 rings (SSSR count). The first-order valence-electron chi connectivity index (χ1n) is 12.7. The number of hydrogen-bond donors (Lipinski definition) is 0. The smallest absolute Gasteiger partial charge is 0.316 e. The number of carbonyl (C=O) groups is 2. The molecule has 2 aromatic rings. The van der Waals surface area contributed by atoms with Crippen LogP contribution in [0, 0.1) is 5.41 Å². The molecule has 8 heteroatoms. The highest BCUT2D eigenvalue weighted by atomic mass is 79.9. The van der Waals surface area contributed by atoms with Crippen molar-refractivity contribution in [2.45, 2.75) is 99.3 Å². The van der Waals surface area contributed by atoms with E-state index in [-0.39, 0.29) is 35.0 Å². The lowest BCUT2D eigenvalue weighted by molar-refractivity contribution is -0.142. The summed E-state index contributed by atoms with van der Waals surface area (Å²) in [5.74, 6) is -0.0338. The highest BCUT2D eigenvalue weighted by Gasteiger charge is 2.50. The summed E-state index contributed by atoms with van der Waals surface area (Å²) in [7, 11) is -2.72. The fourth-order valence-electron chi connectivity index (χ4n) is 5.04. The molecule has 1 aromatic carbocycles. The highest BCUT2D eigenvalue weighted by Crippen LogP contribution is 2.37. The second kappa shape index (κ2) is 11.5. The molecule has 0 bridgehead atoms. The zero-order valence-electron chi connectivity index (χ0n) is 23.6. The number of benzene rings is 1. The Morgan fingerprint density at radius 1 is 0.917 bits per heavy atom. The minimum atomic E-state index is -2.72. The maximum atomic E-state index is 13.7. The third-order valence-electron chi connectivity index (χ3n) is 6.63. The third kappa shape index (κ3) is 5.91. The van der Waals surface area contributed by atoms with Gasteiger partial charge in [0.1, 0.15) is 11.2 Å². The number of aromatic nitrogens is 2. The molecular formula is C28H42BrN3O3Si. The van der Waals surface area contributed by atoms with E-state index in [2.05, 4.69) is 43.6 Å². The fraction of sp³-hybridized carbons (Fsp3) is 0.571. The van der Waals surface area contributed by atoms with Gasteiger partial charge in [0.25, 0.3) is 5.91 Å². The summed E-state index contributed by atoms with van der Waals surface area (Å²) in [5.41, 5.74) is 0.928. The minimum Gasteiger partial charge on any atom is -0.426 e. The quantitative estimate of drug-likeness (QED) is 0.225. The fourth-order valence-corrected chi connectivity index (χ4v) is 11.8. The number of esters is 1. The molecule has 0 aliphatic heterocycles. The largest absolute Gasteiger partial charge is 0.426 e. The van der Waals surface area contributed by atoms with Gasteiger partial charge < -0.3 is 9.64 Å². The maximum absolute atomic E-state index is 13.7. The number of nitrogens with zero attached hydrogens (tertiary/aromatic N) is 3. The second-order valence-electron chi connectivity index (χ2n) is 11.6. The van der Waals surface area contributed by atoms with Gasteiger partial charge in [-0.25, -0.2) is 9.97 Å². The van der Waals surface area contributed by atoms with Gasteiger partial charge in [-0.3, -0.25) is 9.59 Å². The first-order chi connectivity index (χ1) is 16.6. The van der Waals surface area contributed by atoms with Crippen LogP contribution in [0.15, 0.2) is 35.1 Å². The van der Waals surface area contributed by atoms with Crippen molar-refractivity contribution in [3.63, 3.8) is 0 Å². The molecule has 1 aromatic heterocycles. The van der Waals surface area contributed by atoms with Crippen molar-refractivity contribution in [3.8, 4) is 5.75 Å². The Morgan fingerprint density at radius 2 is 1.42 bits per heavy atom. The van der Waals surface area contributed by atoms with Crippen LogP contribution in [0.4, 0.5) is 0 Å². The molecule has 0 unspecified atom stereocenters. The van der Waals surface area contributed by atoms with Gasteiger partial charge in [-0.1, -0.05) is 43.6 Å². The Kier molecular flexibility index (Phi) is 9.68. The summed E-state index contributed by atoms with van der Waals surface area (Å²) in [4.78, 5) is 38.1. The third-order valence-corrected chi connectivity index (χ3v) is 13.6. The van der Waals surface area contributed by atoms with Crippen LogP contribution in [0.5, 0.6) is 5.75 Å². The van der Waals surface area contributed by atoms with Gasteiger partial charge in [0.2, 0.25) is 0 Å². The Balaban J connectivity index is 2.95. The average Bonchev–Trinajstić information content (AvgIpc) is 2.74. The summed E-state index contributed by atoms with van der Waals surface area (Å²) < 4.78 is 6.90. The Morgan fingerprint density at radius 3 is 1.83 bits per heavy atom. The van der Waals surface area contributed by atoms with Crippen LogP contribution < -0.4 is 15.4 Å². The number of carbonyl (C=O) groups excluding carboxylic acids is 2. The summed E-state index contributed by atoms with van der Waals surface area (Å²) in [6, 6.07) is 5.48. The molecule has 0 aliphatic carbocycles. The Bertz CT molecular complexity index is 1060. The monoisotopic (exact) mass is 575 g/mol. The molecule has 198 valence electrons. The van der Waals surface area contributed by atoms with Crippen molar-refractivity contribution >= 4 is 46.5 Å². The van der Waals surface area contributed by atoms with E-state index in [0.29, 0.717) is 11.3 Å². The number of rotatable bonds is 8. The molecule has 0 atom stereocenters. The van der Waals surface area contributed by atoms with Crippen LogP contribution in [-0.2, 0) is 4.79 Å². The molecule has 0 saturated carbocycles. The molecule has 0 saturated heterocycles. The van der Waals surface area contributed by atoms with Gasteiger partial charge in [-0.2, -0.15) is 0 Å². The van der Waals surface area contributed by atoms with Gasteiger partial charge in [0, 0.05) is 39.7 Å². The SMILES string of the molecule is CC(C)N(C(=O)c1cc(Br)c([Si](c2ncccn2)(C(C)C)C(C)C)c(OC(=O)C(C)(C)C)c1)C(C)C. The van der Waals surface area contributed by atoms with Crippen molar-refractivity contribution < 1.29 is 14.3 Å². The summed E-state index contributed by atoms with van der Waals surface area (Å²) in [5, 5.41) is 0.911. The van der Waals surface area contributed by atoms with E-state index in [1.807, 2.05) is 65.5 Å². The van der Waals surface area contributed by atoms with Crippen molar-refractivity contribution in [2.24, 2.45) is 5.41 Å². The van der Waals surface area contributed by atoms with E-state index < -0.39 is 13.5 Å². The molecule has 0 aliphatic rings. The molecule has 6 nitrogen and oxygen atoms in total. The minimum absolute atomic E-state index is 0.0223. The molecule has 0 spiro atoms. The summed E-state index contributed by atoms with van der Waals surface area (Å²) in [6.45, 7) is 22.2. The summed E-state index contributed by atoms with van der Waals surface area (Å²) >= 11 is 3.82. The van der Waals surface area contributed by atoms with Crippen LogP contribution in [0.1, 0.15) is 86.5 Å². The van der Waals surface area contributed by atoms with E-state index in [4.69, 9.17) is 14.7 Å². The second-order valence-corrected chi connectivity index (χ2v) is 17.5. The zero-order valence-corrected chi connectivity index (χ0v) is 26.2. The van der Waals surface area contributed by atoms with Crippen LogP contribution >= 0.6 is 15.9 Å². The van der Waals surface area contributed by atoms with Crippen LogP contribution in [0.3, 0.4) is 0 Å². The first-order valence-corrected chi connectivity index (χ1v) is 15.7. The molecule has 1 heterocycles. The average molecular weight is 577 g/mol. The molecule has 0 fully saturated rings. The predicted octanol–water partition coefficient (Wildman–Crippen LogP) is 5.83. The first kappa shape index (κ1) is 30.2. The lowest BCUT2D eigenvalue weighted by atomic mass is 9.97. The maximum Gasteiger partial charge on any atom is 0.316 e. The summed E-state index contributed by atoms with van der Waals surface area (Å²) in [6.07, 6.45) is 3.54. The van der Waals surface area contributed by atoms with E-state index in [0.717, 1.165) is 15.1 Å². The molecular weight excluding hydrogens is 534 g/mol. The van der Waals surface area contributed by atoms with E-state index in [1.54, 1.807) is 18.5 Å². The number of ether oxygens (including phenoxy) is 1. The lowest BCUT2D eigenvalue weighted by Crippen LogP contribution is -2.65. The van der Waals surface area contributed by atoms with Crippen LogP contribution in [0.25, 0.3) is 0 Å². The standard InChI is InChI=1S/C28H42BrN3O3Si/c1-17(2)32(18(3)4)25(33)21-15-22(29)24(23(16-21)35-26(34)28(9,10)11)36(19(5)6,20(7)8)27-30-13-12-14-31-27/h12-20H,1-11H3. The number of amides is 1. The van der Waals surface area contributed by atoms with Crippen molar-refractivity contribution in [1.82, 2.24) is 14.9 Å².